The van der Waals surface area contributed by atoms with E-state index in [1.54, 1.807) is 20.4 Å². The highest BCUT2D eigenvalue weighted by molar-refractivity contribution is 6.33. The first-order valence-corrected chi connectivity index (χ1v) is 10.1. The molecule has 2 aromatic heterocycles. The Morgan fingerprint density at radius 3 is 2.61 bits per heavy atom. The third-order valence-corrected chi connectivity index (χ3v) is 5.47. The van der Waals surface area contributed by atoms with Gasteiger partial charge < -0.3 is 19.8 Å². The van der Waals surface area contributed by atoms with Crippen LogP contribution in [0.15, 0.2) is 66.9 Å². The molecule has 0 aliphatic heterocycles. The van der Waals surface area contributed by atoms with Crippen molar-refractivity contribution < 1.29 is 9.47 Å². The number of pyridine rings is 1. The highest BCUT2D eigenvalue weighted by Crippen LogP contribution is 2.36. The van der Waals surface area contributed by atoms with Gasteiger partial charge in [0.05, 0.1) is 30.3 Å². The normalized spacial score (nSPS) is 11.1. The molecule has 0 aliphatic carbocycles. The van der Waals surface area contributed by atoms with E-state index >= 15 is 0 Å². The van der Waals surface area contributed by atoms with Gasteiger partial charge in [-0.1, -0.05) is 23.7 Å². The second kappa shape index (κ2) is 7.81. The maximum atomic E-state index is 6.50. The third-order valence-electron chi connectivity index (χ3n) is 5.14. The summed E-state index contributed by atoms with van der Waals surface area (Å²) in [4.78, 5) is 12.5. The number of para-hydroxylation sites is 2. The summed E-state index contributed by atoms with van der Waals surface area (Å²) in [6.45, 7) is 0. The van der Waals surface area contributed by atoms with Crippen molar-refractivity contribution in [3.63, 3.8) is 0 Å². The molecule has 0 aliphatic rings. The first kappa shape index (κ1) is 19.2. The molecule has 5 aromatic rings. The topological polar surface area (TPSA) is 72.1 Å². The summed E-state index contributed by atoms with van der Waals surface area (Å²) in [5.74, 6) is 2.81. The molecule has 0 saturated carbocycles. The summed E-state index contributed by atoms with van der Waals surface area (Å²) in [7, 11) is 3.27. The molecule has 3 aromatic carbocycles. The van der Waals surface area contributed by atoms with E-state index in [0.717, 1.165) is 38.8 Å². The number of anilines is 2. The zero-order chi connectivity index (χ0) is 21.4. The molecule has 2 N–H and O–H groups in total. The second-order valence-corrected chi connectivity index (χ2v) is 7.41. The van der Waals surface area contributed by atoms with E-state index in [2.05, 4.69) is 20.3 Å². The van der Waals surface area contributed by atoms with Crippen LogP contribution >= 0.6 is 11.6 Å². The summed E-state index contributed by atoms with van der Waals surface area (Å²) in [5, 5.41) is 5.83. The predicted molar refractivity (Wildman–Crippen MR) is 125 cm³/mol. The maximum absolute atomic E-state index is 6.50. The van der Waals surface area contributed by atoms with E-state index in [9.17, 15) is 0 Å². The van der Waals surface area contributed by atoms with Crippen LogP contribution in [0.25, 0.3) is 33.2 Å². The number of nitrogens with one attached hydrogen (secondary N) is 2. The Kier molecular flexibility index (Phi) is 4.84. The lowest BCUT2D eigenvalue weighted by atomic mass is 10.1. The molecule has 5 rings (SSSR count). The van der Waals surface area contributed by atoms with Gasteiger partial charge in [0.2, 0.25) is 0 Å². The number of aromatic amines is 1. The molecule has 0 amide bonds. The van der Waals surface area contributed by atoms with Crippen LogP contribution in [0, 0.1) is 0 Å². The Morgan fingerprint density at radius 2 is 1.81 bits per heavy atom. The number of hydrogen-bond acceptors (Lipinski definition) is 5. The molecule has 7 heteroatoms. The number of methoxy groups -OCH3 is 2. The number of rotatable bonds is 5. The lowest BCUT2D eigenvalue weighted by molar-refractivity contribution is 0.398. The van der Waals surface area contributed by atoms with Gasteiger partial charge in [-0.2, -0.15) is 0 Å². The van der Waals surface area contributed by atoms with Crippen molar-refractivity contribution in [1.82, 2.24) is 15.0 Å². The van der Waals surface area contributed by atoms with E-state index < -0.39 is 0 Å². The van der Waals surface area contributed by atoms with Crippen LogP contribution in [0.3, 0.4) is 0 Å². The molecule has 2 heterocycles. The number of fused-ring (bicyclic) bond motifs is 2. The Hall–Kier alpha value is -3.77. The molecule has 0 radical (unpaired) electrons. The highest BCUT2D eigenvalue weighted by Gasteiger charge is 2.13. The quantitative estimate of drug-likeness (QED) is 0.347. The van der Waals surface area contributed by atoms with Crippen LogP contribution in [0.1, 0.15) is 0 Å². The monoisotopic (exact) mass is 430 g/mol. The van der Waals surface area contributed by atoms with Crippen LogP contribution in [0.4, 0.5) is 11.5 Å². The van der Waals surface area contributed by atoms with Crippen molar-refractivity contribution in [3.05, 3.63) is 71.9 Å². The third kappa shape index (κ3) is 3.51. The number of benzene rings is 3. The molecular weight excluding hydrogens is 412 g/mol. The van der Waals surface area contributed by atoms with E-state index in [1.807, 2.05) is 60.7 Å². The lowest BCUT2D eigenvalue weighted by Crippen LogP contribution is -1.97. The molecule has 0 atom stereocenters. The zero-order valence-electron chi connectivity index (χ0n) is 16.9. The van der Waals surface area contributed by atoms with Gasteiger partial charge >= 0.3 is 0 Å². The van der Waals surface area contributed by atoms with Gasteiger partial charge in [-0.15, -0.1) is 0 Å². The van der Waals surface area contributed by atoms with Crippen LogP contribution < -0.4 is 14.8 Å². The van der Waals surface area contributed by atoms with Crippen molar-refractivity contribution >= 4 is 44.9 Å². The minimum absolute atomic E-state index is 0.610. The fourth-order valence-electron chi connectivity index (χ4n) is 3.61. The SMILES string of the molecule is COc1cc(OC)c2ccnc(Nc3ccc(Cl)c(-c4nc5ccccc5[nH]4)c3)c2c1. The van der Waals surface area contributed by atoms with Gasteiger partial charge in [0.15, 0.2) is 0 Å². The zero-order valence-corrected chi connectivity index (χ0v) is 17.7. The number of imidazole rings is 1. The van der Waals surface area contributed by atoms with Gasteiger partial charge in [0.25, 0.3) is 0 Å². The highest BCUT2D eigenvalue weighted by atomic mass is 35.5. The van der Waals surface area contributed by atoms with E-state index in [-0.39, 0.29) is 0 Å². The summed E-state index contributed by atoms with van der Waals surface area (Å²) in [6.07, 6.45) is 1.75. The predicted octanol–water partition coefficient (Wildman–Crippen LogP) is 6.19. The number of nitrogens with zero attached hydrogens (tertiary/aromatic N) is 2. The smallest absolute Gasteiger partial charge is 0.140 e. The van der Waals surface area contributed by atoms with E-state index in [4.69, 9.17) is 21.1 Å². The van der Waals surface area contributed by atoms with Crippen LogP contribution in [0.5, 0.6) is 11.5 Å². The van der Waals surface area contributed by atoms with Gasteiger partial charge in [-0.05, 0) is 42.5 Å². The molecule has 0 unspecified atom stereocenters. The average Bonchev–Trinajstić information content (AvgIpc) is 3.24. The number of halogens is 1. The van der Waals surface area contributed by atoms with Crippen molar-refractivity contribution in [2.24, 2.45) is 0 Å². The molecule has 0 bridgehead atoms. The van der Waals surface area contributed by atoms with Crippen LogP contribution in [0.2, 0.25) is 5.02 Å². The first-order chi connectivity index (χ1) is 15.2. The summed E-state index contributed by atoms with van der Waals surface area (Å²) in [5.41, 5.74) is 3.49. The number of aromatic nitrogens is 3. The number of hydrogen-bond donors (Lipinski definition) is 2. The molecular formula is C24H19ClN4O2. The average molecular weight is 431 g/mol. The fraction of sp³-hybridized carbons (Fsp3) is 0.0833. The van der Waals surface area contributed by atoms with Crippen LogP contribution in [-0.4, -0.2) is 29.2 Å². The lowest BCUT2D eigenvalue weighted by Gasteiger charge is -2.13. The van der Waals surface area contributed by atoms with Gasteiger partial charge in [-0.3, -0.25) is 0 Å². The summed E-state index contributed by atoms with van der Waals surface area (Å²) >= 11 is 6.50. The van der Waals surface area contributed by atoms with Gasteiger partial charge in [-0.25, -0.2) is 9.97 Å². The minimum Gasteiger partial charge on any atom is -0.497 e. The van der Waals surface area contributed by atoms with E-state index in [1.165, 1.54) is 0 Å². The number of ether oxygens (including phenoxy) is 2. The molecule has 6 nitrogen and oxygen atoms in total. The fourth-order valence-corrected chi connectivity index (χ4v) is 3.82. The standard InChI is InChI=1S/C24H19ClN4O2/c1-30-15-12-17-16(22(13-15)31-2)9-10-26-23(17)27-14-7-8-19(25)18(11-14)24-28-20-5-3-4-6-21(20)29-24/h3-13H,1-2H3,(H,26,27)(H,28,29). The minimum atomic E-state index is 0.610. The maximum Gasteiger partial charge on any atom is 0.140 e. The number of H-pyrrole nitrogens is 1. The van der Waals surface area contributed by atoms with Gasteiger partial charge in [0.1, 0.15) is 23.1 Å². The molecule has 0 saturated heterocycles. The molecule has 154 valence electrons. The van der Waals surface area contributed by atoms with Crippen LogP contribution in [-0.2, 0) is 0 Å². The Bertz CT molecular complexity index is 1380. The Labute approximate surface area is 183 Å². The van der Waals surface area contributed by atoms with Crippen molar-refractivity contribution in [1.29, 1.82) is 0 Å². The molecule has 0 fully saturated rings. The molecule has 31 heavy (non-hydrogen) atoms. The van der Waals surface area contributed by atoms with E-state index in [0.29, 0.717) is 22.4 Å². The summed E-state index contributed by atoms with van der Waals surface area (Å²) in [6, 6.07) is 19.3. The van der Waals surface area contributed by atoms with Gasteiger partial charge in [0, 0.05) is 34.3 Å². The second-order valence-electron chi connectivity index (χ2n) is 7.01. The largest absolute Gasteiger partial charge is 0.497 e. The van der Waals surface area contributed by atoms with Crippen molar-refractivity contribution in [2.75, 3.05) is 19.5 Å². The van der Waals surface area contributed by atoms with Crippen molar-refractivity contribution in [3.8, 4) is 22.9 Å². The van der Waals surface area contributed by atoms with Crippen molar-refractivity contribution in [2.45, 2.75) is 0 Å². The summed E-state index contributed by atoms with van der Waals surface area (Å²) < 4.78 is 11.0. The Morgan fingerprint density at radius 1 is 0.935 bits per heavy atom. The Balaban J connectivity index is 1.58. The first-order valence-electron chi connectivity index (χ1n) is 9.68. The molecule has 0 spiro atoms.